The summed E-state index contributed by atoms with van der Waals surface area (Å²) in [6, 6.07) is 2.76. The van der Waals surface area contributed by atoms with E-state index in [1.165, 1.54) is 31.1 Å². The van der Waals surface area contributed by atoms with Gasteiger partial charge < -0.3 is 41.3 Å². The molecule has 8 N–H and O–H groups in total. The van der Waals surface area contributed by atoms with E-state index in [0.717, 1.165) is 0 Å². The number of carbonyl (C=O) groups excluding carboxylic acids is 4. The van der Waals surface area contributed by atoms with E-state index in [1.54, 1.807) is 13.0 Å². The van der Waals surface area contributed by atoms with Crippen molar-refractivity contribution in [1.29, 1.82) is 0 Å². The summed E-state index contributed by atoms with van der Waals surface area (Å²) >= 11 is 0. The van der Waals surface area contributed by atoms with Crippen LogP contribution in [0.5, 0.6) is 5.75 Å². The number of phenols is 1. The van der Waals surface area contributed by atoms with E-state index in [1.807, 2.05) is 5.32 Å². The number of primary amides is 1. The number of likely N-dealkylation sites (N-methyl/N-ethyl adjacent to an activating group) is 1. The molecule has 14 heteroatoms. The number of rotatable bonds is 5. The molecule has 0 saturated heterocycles. The third kappa shape index (κ3) is 3.90. The van der Waals surface area contributed by atoms with Crippen LogP contribution in [0.2, 0.25) is 0 Å². The van der Waals surface area contributed by atoms with Crippen molar-refractivity contribution in [3.05, 3.63) is 46.2 Å². The van der Waals surface area contributed by atoms with Gasteiger partial charge in [0.05, 0.1) is 17.5 Å². The Labute approximate surface area is 221 Å². The summed E-state index contributed by atoms with van der Waals surface area (Å²) in [6.07, 6.45) is -3.17. The smallest absolute Gasteiger partial charge is 0.405 e. The molecule has 1 aromatic carbocycles. The standard InChI is InChI=1S/C25H27N3O11/c1-8-9-5-4-6-10(29)13(9)18(31)14-12(8)20(39-11(30)7-27-24(36)37)16-17(28(2)3)19(32)15(23(26)35)22(34)25(16,38)21(14)33/h4-6,8,12,16-17,20,27,29,31,34,38H,7H2,1-3H3,(H2,26,35)(H,36,37)/t8-,12+,16+,17-,20-,25-/m0/s1. The quantitative estimate of drug-likeness (QED) is 0.180. The number of hydrogen-bond donors (Lipinski definition) is 7. The molecule has 0 heterocycles. The number of ether oxygens (including phenoxy) is 1. The summed E-state index contributed by atoms with van der Waals surface area (Å²) in [7, 11) is 2.78. The van der Waals surface area contributed by atoms with Gasteiger partial charge in [0.1, 0.15) is 35.5 Å². The van der Waals surface area contributed by atoms with Crippen molar-refractivity contribution >= 4 is 35.3 Å². The predicted molar refractivity (Wildman–Crippen MR) is 130 cm³/mol. The van der Waals surface area contributed by atoms with Crippen LogP contribution in [-0.2, 0) is 23.9 Å². The lowest BCUT2D eigenvalue weighted by Crippen LogP contribution is -2.71. The van der Waals surface area contributed by atoms with Crippen LogP contribution in [0, 0.1) is 11.8 Å². The van der Waals surface area contributed by atoms with E-state index in [2.05, 4.69) is 0 Å². The molecule has 2 amide bonds. The molecule has 1 saturated carbocycles. The fourth-order valence-corrected chi connectivity index (χ4v) is 6.03. The van der Waals surface area contributed by atoms with Gasteiger partial charge in [-0.3, -0.25) is 24.1 Å². The van der Waals surface area contributed by atoms with Crippen LogP contribution in [0.3, 0.4) is 0 Å². The number of nitrogens with one attached hydrogen (secondary N) is 1. The number of aromatic hydroxyl groups is 1. The monoisotopic (exact) mass is 545 g/mol. The van der Waals surface area contributed by atoms with Gasteiger partial charge in [-0.2, -0.15) is 0 Å². The molecular formula is C25H27N3O11. The van der Waals surface area contributed by atoms with Crippen molar-refractivity contribution < 1.29 is 54.2 Å². The molecule has 1 fully saturated rings. The average Bonchev–Trinajstić information content (AvgIpc) is 2.84. The number of aliphatic hydroxyl groups is 3. The highest BCUT2D eigenvalue weighted by atomic mass is 16.5. The van der Waals surface area contributed by atoms with E-state index in [9.17, 15) is 44.4 Å². The first-order valence-electron chi connectivity index (χ1n) is 11.8. The minimum Gasteiger partial charge on any atom is -0.508 e. The first kappa shape index (κ1) is 27.6. The maximum Gasteiger partial charge on any atom is 0.405 e. The Kier molecular flexibility index (Phi) is 6.65. The van der Waals surface area contributed by atoms with E-state index in [4.69, 9.17) is 15.6 Å². The Balaban J connectivity index is 2.05. The van der Waals surface area contributed by atoms with Crippen LogP contribution in [0.1, 0.15) is 24.0 Å². The van der Waals surface area contributed by atoms with Crippen LogP contribution >= 0.6 is 0 Å². The molecule has 208 valence electrons. The van der Waals surface area contributed by atoms with E-state index >= 15 is 0 Å². The molecule has 0 spiro atoms. The number of carboxylic acid groups (broad SMARTS) is 1. The number of nitrogens with zero attached hydrogens (tertiary/aromatic N) is 1. The number of benzene rings is 1. The molecule has 3 aliphatic carbocycles. The number of hydrogen-bond acceptors (Lipinski definition) is 11. The lowest BCUT2D eigenvalue weighted by molar-refractivity contribution is -0.184. The Morgan fingerprint density at radius 1 is 1.15 bits per heavy atom. The Morgan fingerprint density at radius 2 is 1.79 bits per heavy atom. The molecule has 6 atom stereocenters. The van der Waals surface area contributed by atoms with Crippen molar-refractivity contribution in [3.8, 4) is 5.75 Å². The molecule has 0 aromatic heterocycles. The lowest BCUT2D eigenvalue weighted by atomic mass is 9.54. The second kappa shape index (κ2) is 9.39. The zero-order chi connectivity index (χ0) is 29.1. The third-order valence-electron chi connectivity index (χ3n) is 7.62. The zero-order valence-electron chi connectivity index (χ0n) is 21.0. The minimum atomic E-state index is -3.08. The largest absolute Gasteiger partial charge is 0.508 e. The number of ketones is 2. The number of nitrogens with two attached hydrogens (primary N) is 1. The van der Waals surface area contributed by atoms with Gasteiger partial charge in [0.2, 0.25) is 5.78 Å². The Bertz CT molecular complexity index is 1380. The van der Waals surface area contributed by atoms with Crippen LogP contribution in [-0.4, -0.2) is 98.4 Å². The first-order chi connectivity index (χ1) is 18.2. The molecule has 0 unspecified atom stereocenters. The molecular weight excluding hydrogens is 518 g/mol. The highest BCUT2D eigenvalue weighted by Gasteiger charge is 2.69. The maximum absolute atomic E-state index is 14.0. The summed E-state index contributed by atoms with van der Waals surface area (Å²) in [6.45, 7) is 0.757. The Hall–Kier alpha value is -4.43. The molecule has 39 heavy (non-hydrogen) atoms. The van der Waals surface area contributed by atoms with Gasteiger partial charge in [-0.1, -0.05) is 19.1 Å². The molecule has 14 nitrogen and oxygen atoms in total. The maximum atomic E-state index is 14.0. The average molecular weight is 546 g/mol. The summed E-state index contributed by atoms with van der Waals surface area (Å²) in [4.78, 5) is 64.6. The SMILES string of the molecule is C[C@H]1c2cccc(O)c2C(O)=C2C(=O)[C@]3(O)C(O)=C(C(N)=O)C(=O)[C@@H](N(C)C)[C@@H]3[C@@H](OC(=O)CNC(=O)O)[C@@H]21. The number of Topliss-reactive ketones (excluding diaryl/α,β-unsaturated/α-hetero) is 2. The second-order valence-electron chi connectivity index (χ2n) is 9.91. The molecule has 0 aliphatic heterocycles. The van der Waals surface area contributed by atoms with Gasteiger partial charge in [-0.05, 0) is 31.6 Å². The van der Waals surface area contributed by atoms with E-state index in [-0.39, 0.29) is 5.56 Å². The summed E-state index contributed by atoms with van der Waals surface area (Å²) < 4.78 is 5.62. The van der Waals surface area contributed by atoms with Gasteiger partial charge >= 0.3 is 12.1 Å². The van der Waals surface area contributed by atoms with Gasteiger partial charge in [0.15, 0.2) is 11.4 Å². The number of aliphatic hydroxyl groups excluding tert-OH is 2. The summed E-state index contributed by atoms with van der Waals surface area (Å²) in [5.74, 6) is -11.2. The van der Waals surface area contributed by atoms with Crippen molar-refractivity contribution in [3.63, 3.8) is 0 Å². The minimum absolute atomic E-state index is 0.126. The molecule has 0 bridgehead atoms. The summed E-state index contributed by atoms with van der Waals surface area (Å²) in [5.41, 5.74) is 0.900. The second-order valence-corrected chi connectivity index (χ2v) is 9.91. The number of fused-ring (bicyclic) bond motifs is 3. The number of esters is 1. The lowest BCUT2D eigenvalue weighted by Gasteiger charge is -2.54. The normalized spacial score (nSPS) is 29.9. The van der Waals surface area contributed by atoms with Gasteiger partial charge in [0, 0.05) is 11.5 Å². The first-order valence-corrected chi connectivity index (χ1v) is 11.8. The molecule has 3 aliphatic rings. The molecule has 4 rings (SSSR count). The van der Waals surface area contributed by atoms with Crippen LogP contribution < -0.4 is 11.1 Å². The van der Waals surface area contributed by atoms with Crippen LogP contribution in [0.15, 0.2) is 35.1 Å². The van der Waals surface area contributed by atoms with E-state index in [0.29, 0.717) is 5.56 Å². The van der Waals surface area contributed by atoms with Crippen molar-refractivity contribution in [2.75, 3.05) is 20.6 Å². The number of carbonyl (C=O) groups is 5. The fraction of sp³-hybridized carbons (Fsp3) is 0.400. The van der Waals surface area contributed by atoms with Crippen molar-refractivity contribution in [2.24, 2.45) is 17.6 Å². The zero-order valence-corrected chi connectivity index (χ0v) is 21.0. The number of amides is 2. The summed E-state index contributed by atoms with van der Waals surface area (Å²) in [5, 5.41) is 55.4. The van der Waals surface area contributed by atoms with E-state index < -0.39 is 100.0 Å². The number of phenolic OH excluding ortho intramolecular Hbond substituents is 1. The highest BCUT2D eigenvalue weighted by Crippen LogP contribution is 2.56. The fourth-order valence-electron chi connectivity index (χ4n) is 6.03. The van der Waals surface area contributed by atoms with Crippen LogP contribution in [0.25, 0.3) is 5.76 Å². The highest BCUT2D eigenvalue weighted by molar-refractivity contribution is 6.24. The van der Waals surface area contributed by atoms with Crippen molar-refractivity contribution in [1.82, 2.24) is 10.2 Å². The van der Waals surface area contributed by atoms with Crippen LogP contribution in [0.4, 0.5) is 4.79 Å². The van der Waals surface area contributed by atoms with Crippen molar-refractivity contribution in [2.45, 2.75) is 30.6 Å². The molecule has 0 radical (unpaired) electrons. The van der Waals surface area contributed by atoms with Gasteiger partial charge in [-0.25, -0.2) is 4.79 Å². The third-order valence-corrected chi connectivity index (χ3v) is 7.62. The Morgan fingerprint density at radius 3 is 2.36 bits per heavy atom. The van der Waals surface area contributed by atoms with Gasteiger partial charge in [-0.15, -0.1) is 0 Å². The topological polar surface area (TPSA) is 237 Å². The predicted octanol–water partition coefficient (Wildman–Crippen LogP) is -0.686. The molecule has 1 aromatic rings. The van der Waals surface area contributed by atoms with Gasteiger partial charge in [0.25, 0.3) is 5.91 Å².